The van der Waals surface area contributed by atoms with E-state index in [1.165, 1.54) is 12.1 Å². The number of anilines is 1. The van der Waals surface area contributed by atoms with E-state index in [-0.39, 0.29) is 12.3 Å². The van der Waals surface area contributed by atoms with Crippen molar-refractivity contribution < 1.29 is 14.5 Å². The third-order valence-electron chi connectivity index (χ3n) is 3.88. The maximum Gasteiger partial charge on any atom is 0.333 e. The summed E-state index contributed by atoms with van der Waals surface area (Å²) in [6, 6.07) is 13.3. The van der Waals surface area contributed by atoms with Crippen LogP contribution in [0, 0.1) is 10.1 Å². The first-order valence-corrected chi connectivity index (χ1v) is 8.74. The van der Waals surface area contributed by atoms with Crippen molar-refractivity contribution in [1.29, 1.82) is 0 Å². The number of nitrogens with zero attached hydrogens (tertiary/aromatic N) is 4. The third-order valence-corrected chi connectivity index (χ3v) is 3.88. The van der Waals surface area contributed by atoms with Gasteiger partial charge in [-0.15, -0.1) is 0 Å². The number of hydrogen-bond donors (Lipinski definition) is 0. The number of likely N-dealkylation sites (N-methyl/N-ethyl adjacent to an activating group) is 1. The minimum absolute atomic E-state index is 0.0110. The molecule has 0 heterocycles. The Morgan fingerprint density at radius 2 is 1.64 bits per heavy atom. The van der Waals surface area contributed by atoms with Gasteiger partial charge >= 0.3 is 5.97 Å². The zero-order chi connectivity index (χ0) is 20.5. The van der Waals surface area contributed by atoms with Crippen molar-refractivity contribution in [3.63, 3.8) is 0 Å². The van der Waals surface area contributed by atoms with Crippen LogP contribution in [0.1, 0.15) is 13.8 Å². The standard InChI is InChI=1S/C20H22N4O4/c1-4-23(13-14-28-20(25)15(2)3)18-9-5-16(6-10-18)21-22-17-7-11-19(12-8-17)24(26)27/h5-12H,2,4,13-14H2,1,3H3/b22-21+. The van der Waals surface area contributed by atoms with Crippen LogP contribution in [0.3, 0.4) is 0 Å². The molecule has 28 heavy (non-hydrogen) atoms. The van der Waals surface area contributed by atoms with Crippen molar-refractivity contribution in [2.45, 2.75) is 13.8 Å². The van der Waals surface area contributed by atoms with Gasteiger partial charge in [-0.25, -0.2) is 4.79 Å². The molecule has 0 aliphatic rings. The first kappa shape index (κ1) is 20.8. The van der Waals surface area contributed by atoms with E-state index in [1.807, 2.05) is 31.2 Å². The quantitative estimate of drug-likeness (QED) is 0.201. The number of nitro benzene ring substituents is 1. The Morgan fingerprint density at radius 1 is 1.11 bits per heavy atom. The first-order valence-electron chi connectivity index (χ1n) is 8.74. The summed E-state index contributed by atoms with van der Waals surface area (Å²) >= 11 is 0. The molecule has 0 aliphatic heterocycles. The van der Waals surface area contributed by atoms with Crippen molar-refractivity contribution in [2.75, 3.05) is 24.6 Å². The zero-order valence-corrected chi connectivity index (χ0v) is 15.9. The monoisotopic (exact) mass is 382 g/mol. The number of nitro groups is 1. The minimum Gasteiger partial charge on any atom is -0.460 e. The van der Waals surface area contributed by atoms with Gasteiger partial charge in [-0.1, -0.05) is 6.58 Å². The number of hydrogen-bond acceptors (Lipinski definition) is 7. The Bertz CT molecular complexity index is 861. The van der Waals surface area contributed by atoms with Gasteiger partial charge in [-0.05, 0) is 50.2 Å². The van der Waals surface area contributed by atoms with Crippen LogP contribution >= 0.6 is 0 Å². The molecule has 0 aliphatic carbocycles. The molecule has 2 aromatic carbocycles. The van der Waals surface area contributed by atoms with Crippen LogP contribution in [-0.2, 0) is 9.53 Å². The van der Waals surface area contributed by atoms with E-state index in [0.29, 0.717) is 23.5 Å². The molecule has 0 spiro atoms. The Hall–Kier alpha value is -3.55. The molecule has 0 saturated heterocycles. The van der Waals surface area contributed by atoms with E-state index in [0.717, 1.165) is 12.2 Å². The summed E-state index contributed by atoms with van der Waals surface area (Å²) in [5, 5.41) is 18.9. The van der Waals surface area contributed by atoms with E-state index in [9.17, 15) is 14.9 Å². The SMILES string of the molecule is C=C(C)C(=O)OCCN(CC)c1ccc(/N=N/c2ccc([N+](=O)[O-])cc2)cc1. The number of ether oxygens (including phenoxy) is 1. The largest absolute Gasteiger partial charge is 0.460 e. The lowest BCUT2D eigenvalue weighted by atomic mass is 10.2. The highest BCUT2D eigenvalue weighted by atomic mass is 16.6. The molecule has 0 unspecified atom stereocenters. The van der Waals surface area contributed by atoms with Crippen LogP contribution < -0.4 is 4.90 Å². The van der Waals surface area contributed by atoms with Gasteiger partial charge in [0.2, 0.25) is 0 Å². The Balaban J connectivity index is 1.96. The maximum atomic E-state index is 11.4. The molecule has 0 aromatic heterocycles. The third kappa shape index (κ3) is 6.01. The molecule has 2 rings (SSSR count). The topological polar surface area (TPSA) is 97.4 Å². The van der Waals surface area contributed by atoms with Gasteiger partial charge in [0.1, 0.15) is 6.61 Å². The number of carbonyl (C=O) groups excluding carboxylic acids is 1. The molecule has 0 bridgehead atoms. The number of azo groups is 1. The molecule has 0 saturated carbocycles. The highest BCUT2D eigenvalue weighted by Gasteiger charge is 2.07. The normalized spacial score (nSPS) is 10.6. The Morgan fingerprint density at radius 3 is 2.11 bits per heavy atom. The molecule has 0 N–H and O–H groups in total. The van der Waals surface area contributed by atoms with Gasteiger partial charge in [0, 0.05) is 29.9 Å². The Labute approximate surface area is 163 Å². The predicted octanol–water partition coefficient (Wildman–Crippen LogP) is 4.96. The molecular formula is C20H22N4O4. The summed E-state index contributed by atoms with van der Waals surface area (Å²) in [5.74, 6) is -0.391. The molecule has 0 atom stereocenters. The second-order valence-electron chi connectivity index (χ2n) is 5.99. The smallest absolute Gasteiger partial charge is 0.333 e. The molecule has 0 amide bonds. The van der Waals surface area contributed by atoms with Gasteiger partial charge in [0.15, 0.2) is 0 Å². The van der Waals surface area contributed by atoms with Crippen LogP contribution in [0.15, 0.2) is 70.9 Å². The molecule has 2 aromatic rings. The summed E-state index contributed by atoms with van der Waals surface area (Å²) < 4.78 is 5.14. The van der Waals surface area contributed by atoms with Crippen LogP contribution in [0.5, 0.6) is 0 Å². The average molecular weight is 382 g/mol. The number of non-ortho nitro benzene ring substituents is 1. The summed E-state index contributed by atoms with van der Waals surface area (Å²) in [5.41, 5.74) is 2.56. The lowest BCUT2D eigenvalue weighted by Crippen LogP contribution is -2.28. The molecule has 8 heteroatoms. The fourth-order valence-corrected chi connectivity index (χ4v) is 2.33. The van der Waals surface area contributed by atoms with Crippen LogP contribution in [0.4, 0.5) is 22.7 Å². The summed E-state index contributed by atoms with van der Waals surface area (Å²) in [7, 11) is 0. The van der Waals surface area contributed by atoms with Crippen LogP contribution in [0.2, 0.25) is 0 Å². The van der Waals surface area contributed by atoms with Crippen molar-refractivity contribution in [3.05, 3.63) is 70.8 Å². The summed E-state index contributed by atoms with van der Waals surface area (Å²) in [4.78, 5) is 23.7. The zero-order valence-electron chi connectivity index (χ0n) is 15.9. The van der Waals surface area contributed by atoms with E-state index in [4.69, 9.17) is 4.74 Å². The molecule has 0 fully saturated rings. The molecule has 146 valence electrons. The van der Waals surface area contributed by atoms with Gasteiger partial charge < -0.3 is 9.64 Å². The van der Waals surface area contributed by atoms with Gasteiger partial charge in [-0.2, -0.15) is 10.2 Å². The van der Waals surface area contributed by atoms with Crippen molar-refractivity contribution in [3.8, 4) is 0 Å². The summed E-state index contributed by atoms with van der Waals surface area (Å²) in [6.45, 7) is 8.79. The second-order valence-corrected chi connectivity index (χ2v) is 5.99. The van der Waals surface area contributed by atoms with E-state index in [2.05, 4.69) is 21.7 Å². The fraction of sp³-hybridized carbons (Fsp3) is 0.250. The predicted molar refractivity (Wildman–Crippen MR) is 107 cm³/mol. The number of benzene rings is 2. The Kier molecular flexibility index (Phi) is 7.38. The van der Waals surface area contributed by atoms with Crippen LogP contribution in [0.25, 0.3) is 0 Å². The number of rotatable bonds is 9. The minimum atomic E-state index is -0.460. The fourth-order valence-electron chi connectivity index (χ4n) is 2.33. The second kappa shape index (κ2) is 9.96. The van der Waals surface area contributed by atoms with Crippen molar-refractivity contribution >= 4 is 28.7 Å². The van der Waals surface area contributed by atoms with E-state index >= 15 is 0 Å². The number of carbonyl (C=O) groups is 1. The average Bonchev–Trinajstić information content (AvgIpc) is 2.70. The molecule has 0 radical (unpaired) electrons. The molecular weight excluding hydrogens is 360 g/mol. The van der Waals surface area contributed by atoms with Gasteiger partial charge in [0.25, 0.3) is 5.69 Å². The highest BCUT2D eigenvalue weighted by molar-refractivity contribution is 5.86. The lowest BCUT2D eigenvalue weighted by Gasteiger charge is -2.22. The number of esters is 1. The van der Waals surface area contributed by atoms with E-state index in [1.54, 1.807) is 19.1 Å². The van der Waals surface area contributed by atoms with Gasteiger partial charge in [0.05, 0.1) is 22.8 Å². The maximum absolute atomic E-state index is 11.4. The highest BCUT2D eigenvalue weighted by Crippen LogP contribution is 2.23. The van der Waals surface area contributed by atoms with Crippen molar-refractivity contribution in [2.24, 2.45) is 10.2 Å². The van der Waals surface area contributed by atoms with Gasteiger partial charge in [-0.3, -0.25) is 10.1 Å². The van der Waals surface area contributed by atoms with Crippen molar-refractivity contribution in [1.82, 2.24) is 0 Å². The summed E-state index contributed by atoms with van der Waals surface area (Å²) in [6.07, 6.45) is 0. The first-order chi connectivity index (χ1) is 13.4. The lowest BCUT2D eigenvalue weighted by molar-refractivity contribution is -0.384. The molecule has 8 nitrogen and oxygen atoms in total. The van der Waals surface area contributed by atoms with E-state index < -0.39 is 10.9 Å². The van der Waals surface area contributed by atoms with Crippen LogP contribution in [-0.4, -0.2) is 30.6 Å².